The number of carbonyl (C=O) groups excluding carboxylic acids is 2. The molecular weight excluding hydrogens is 499 g/mol. The van der Waals surface area contributed by atoms with Gasteiger partial charge in [0, 0.05) is 43.5 Å². The fourth-order valence-corrected chi connectivity index (χ4v) is 3.15. The van der Waals surface area contributed by atoms with E-state index in [9.17, 15) is 14.0 Å². The van der Waals surface area contributed by atoms with Crippen molar-refractivity contribution in [3.05, 3.63) is 82.8 Å². The molecule has 9 nitrogen and oxygen atoms in total. The van der Waals surface area contributed by atoms with Crippen molar-refractivity contribution in [2.24, 2.45) is 4.99 Å². The maximum atomic E-state index is 14.8. The lowest BCUT2D eigenvalue weighted by Gasteiger charge is -2.23. The van der Waals surface area contributed by atoms with Gasteiger partial charge in [-0.2, -0.15) is 5.26 Å². The molecule has 37 heavy (non-hydrogen) atoms. The normalized spacial score (nSPS) is 10.8. The average Bonchev–Trinajstić information content (AvgIpc) is 2.91. The number of nitrogens with one attached hydrogen (secondary N) is 1. The van der Waals surface area contributed by atoms with Gasteiger partial charge in [-0.3, -0.25) is 15.0 Å². The lowest BCUT2D eigenvalue weighted by molar-refractivity contribution is -0.114. The molecule has 0 aliphatic rings. The van der Waals surface area contributed by atoms with Gasteiger partial charge < -0.3 is 9.64 Å². The number of halogens is 2. The molecule has 0 bridgehead atoms. The van der Waals surface area contributed by atoms with E-state index < -0.39 is 11.8 Å². The van der Waals surface area contributed by atoms with Gasteiger partial charge in [0.15, 0.2) is 11.6 Å². The van der Waals surface area contributed by atoms with Gasteiger partial charge >= 0.3 is 6.03 Å². The highest BCUT2D eigenvalue weighted by Crippen LogP contribution is 2.27. The number of hydrogen-bond donors (Lipinski definition) is 1. The first-order chi connectivity index (χ1) is 17.8. The van der Waals surface area contributed by atoms with Crippen molar-refractivity contribution in [3.63, 3.8) is 0 Å². The van der Waals surface area contributed by atoms with Crippen LogP contribution in [0.4, 0.5) is 14.9 Å². The Labute approximate surface area is 218 Å². The van der Waals surface area contributed by atoms with Gasteiger partial charge in [0.2, 0.25) is 18.2 Å². The molecule has 0 aliphatic heterocycles. The van der Waals surface area contributed by atoms with Crippen LogP contribution in [0.5, 0.6) is 11.6 Å². The topological polar surface area (TPSA) is 111 Å². The van der Waals surface area contributed by atoms with Crippen molar-refractivity contribution in [2.45, 2.75) is 13.3 Å². The summed E-state index contributed by atoms with van der Waals surface area (Å²) in [7, 11) is 1.59. The number of carbonyl (C=O) groups is 2. The summed E-state index contributed by atoms with van der Waals surface area (Å²) < 4.78 is 20.3. The summed E-state index contributed by atoms with van der Waals surface area (Å²) in [6, 6.07) is 15.4. The molecule has 190 valence electrons. The van der Waals surface area contributed by atoms with Crippen LogP contribution in [0.2, 0.25) is 5.02 Å². The van der Waals surface area contributed by atoms with Gasteiger partial charge in [-0.1, -0.05) is 23.7 Å². The van der Waals surface area contributed by atoms with Crippen molar-refractivity contribution in [1.82, 2.24) is 20.1 Å². The Balaban J connectivity index is 1.85. The largest absolute Gasteiger partial charge is 0.436 e. The first-order valence-corrected chi connectivity index (χ1v) is 11.6. The van der Waals surface area contributed by atoms with Gasteiger partial charge in [-0.25, -0.2) is 19.2 Å². The number of amides is 3. The molecule has 0 saturated heterocycles. The number of hydrogen-bond acceptors (Lipinski definition) is 6. The first-order valence-electron chi connectivity index (χ1n) is 11.2. The standard InChI is InChI=1S/C26H24ClFN6O3/c1-3-33(2)26(36)32-25(34(17-35)13-11-18-4-6-20(27)7-5-18)31-21-8-9-23(22(28)15-21)37-24-14-19(16-29)10-12-30-24/h4-10,12,14-15,17H,3,11,13H2,1-2H3,(H,31,32,36). The predicted molar refractivity (Wildman–Crippen MR) is 137 cm³/mol. The van der Waals surface area contributed by atoms with E-state index >= 15 is 0 Å². The third kappa shape index (κ3) is 7.75. The number of rotatable bonds is 8. The van der Waals surface area contributed by atoms with Crippen LogP contribution in [0.1, 0.15) is 18.1 Å². The van der Waals surface area contributed by atoms with Gasteiger partial charge in [-0.15, -0.1) is 0 Å². The third-order valence-electron chi connectivity index (χ3n) is 5.22. The van der Waals surface area contributed by atoms with Crippen molar-refractivity contribution in [3.8, 4) is 17.7 Å². The van der Waals surface area contributed by atoms with Crippen molar-refractivity contribution < 1.29 is 18.7 Å². The highest BCUT2D eigenvalue weighted by molar-refractivity contribution is 6.30. The van der Waals surface area contributed by atoms with Gasteiger partial charge in [-0.05, 0) is 49.2 Å². The van der Waals surface area contributed by atoms with Crippen molar-refractivity contribution in [2.75, 3.05) is 20.1 Å². The minimum atomic E-state index is -0.749. The van der Waals surface area contributed by atoms with Crippen LogP contribution in [0.15, 0.2) is 65.8 Å². The second-order valence-corrected chi connectivity index (χ2v) is 8.20. The number of aromatic nitrogens is 1. The first kappa shape index (κ1) is 27.1. The number of pyridine rings is 1. The molecule has 11 heteroatoms. The van der Waals surface area contributed by atoms with E-state index in [1.54, 1.807) is 26.1 Å². The van der Waals surface area contributed by atoms with Crippen molar-refractivity contribution >= 4 is 35.7 Å². The van der Waals surface area contributed by atoms with E-state index in [-0.39, 0.29) is 29.8 Å². The van der Waals surface area contributed by atoms with E-state index in [0.717, 1.165) is 11.6 Å². The minimum Gasteiger partial charge on any atom is -0.436 e. The molecule has 3 rings (SSSR count). The monoisotopic (exact) mass is 522 g/mol. The Morgan fingerprint density at radius 2 is 2.00 bits per heavy atom. The van der Waals surface area contributed by atoms with Crippen LogP contribution in [-0.4, -0.2) is 53.3 Å². The Morgan fingerprint density at radius 3 is 2.65 bits per heavy atom. The lowest BCUT2D eigenvalue weighted by Crippen LogP contribution is -2.48. The summed E-state index contributed by atoms with van der Waals surface area (Å²) in [4.78, 5) is 35.4. The van der Waals surface area contributed by atoms with Crippen LogP contribution < -0.4 is 10.1 Å². The quantitative estimate of drug-likeness (QED) is 0.257. The van der Waals surface area contributed by atoms with Crippen LogP contribution in [-0.2, 0) is 11.2 Å². The molecule has 3 aromatic rings. The van der Waals surface area contributed by atoms with E-state index in [4.69, 9.17) is 21.6 Å². The fourth-order valence-electron chi connectivity index (χ4n) is 3.02. The van der Waals surface area contributed by atoms with Gasteiger partial charge in [0.25, 0.3) is 0 Å². The number of nitrogens with zero attached hydrogens (tertiary/aromatic N) is 5. The van der Waals surface area contributed by atoms with Crippen LogP contribution >= 0.6 is 11.6 Å². The molecule has 0 unspecified atom stereocenters. The summed E-state index contributed by atoms with van der Waals surface area (Å²) in [5.74, 6) is -0.891. The number of nitriles is 1. The average molecular weight is 523 g/mol. The summed E-state index contributed by atoms with van der Waals surface area (Å²) >= 11 is 5.93. The predicted octanol–water partition coefficient (Wildman–Crippen LogP) is 4.89. The second-order valence-electron chi connectivity index (χ2n) is 7.77. The van der Waals surface area contributed by atoms with Crippen LogP contribution in [0.3, 0.4) is 0 Å². The Hall–Kier alpha value is -4.49. The highest BCUT2D eigenvalue weighted by atomic mass is 35.5. The Kier molecular flexibility index (Phi) is 9.52. The number of benzene rings is 2. The minimum absolute atomic E-state index is 0.0547. The Morgan fingerprint density at radius 1 is 1.24 bits per heavy atom. The molecule has 0 atom stereocenters. The third-order valence-corrected chi connectivity index (χ3v) is 5.47. The van der Waals surface area contributed by atoms with E-state index in [2.05, 4.69) is 15.3 Å². The maximum absolute atomic E-state index is 14.8. The molecule has 0 saturated carbocycles. The molecule has 2 aromatic carbocycles. The van der Waals surface area contributed by atoms with E-state index in [1.165, 1.54) is 40.3 Å². The zero-order valence-electron chi connectivity index (χ0n) is 20.2. The van der Waals surface area contributed by atoms with Gasteiger partial charge in [0.05, 0.1) is 17.3 Å². The smallest absolute Gasteiger partial charge is 0.323 e. The van der Waals surface area contributed by atoms with E-state index in [1.807, 2.05) is 18.2 Å². The molecule has 0 fully saturated rings. The molecular formula is C26H24ClFN6O3. The second kappa shape index (κ2) is 13.0. The number of aliphatic imine (C=N–C) groups is 1. The summed E-state index contributed by atoms with van der Waals surface area (Å²) in [5, 5.41) is 12.2. The van der Waals surface area contributed by atoms with Crippen molar-refractivity contribution in [1.29, 1.82) is 5.26 Å². The van der Waals surface area contributed by atoms with Crippen LogP contribution in [0, 0.1) is 17.1 Å². The lowest BCUT2D eigenvalue weighted by atomic mass is 10.1. The fraction of sp³-hybridized carbons (Fsp3) is 0.192. The molecule has 3 amide bonds. The maximum Gasteiger partial charge on any atom is 0.323 e. The molecule has 0 aliphatic carbocycles. The summed E-state index contributed by atoms with van der Waals surface area (Å²) in [6.45, 7) is 2.42. The highest BCUT2D eigenvalue weighted by Gasteiger charge is 2.17. The molecule has 0 radical (unpaired) electrons. The molecule has 1 aromatic heterocycles. The number of ether oxygens (including phenoxy) is 1. The zero-order chi connectivity index (χ0) is 26.8. The number of urea groups is 1. The zero-order valence-corrected chi connectivity index (χ0v) is 20.9. The molecule has 1 N–H and O–H groups in total. The molecule has 0 spiro atoms. The summed E-state index contributed by atoms with van der Waals surface area (Å²) in [5.41, 5.74) is 1.38. The van der Waals surface area contributed by atoms with Crippen LogP contribution in [0.25, 0.3) is 0 Å². The van der Waals surface area contributed by atoms with Gasteiger partial charge in [0.1, 0.15) is 0 Å². The van der Waals surface area contributed by atoms with E-state index in [0.29, 0.717) is 30.0 Å². The Bertz CT molecular complexity index is 1330. The number of guanidine groups is 1. The summed E-state index contributed by atoms with van der Waals surface area (Å²) in [6.07, 6.45) is 2.39. The molecule has 1 heterocycles. The SMILES string of the molecule is CCN(C)C(=O)NC(=Nc1ccc(Oc2cc(C#N)ccn2)c(F)c1)N(C=O)CCc1ccc(Cl)cc1.